The van der Waals surface area contributed by atoms with E-state index in [4.69, 9.17) is 11.6 Å². The predicted molar refractivity (Wildman–Crippen MR) is 155 cm³/mol. The molecule has 1 aliphatic carbocycles. The van der Waals surface area contributed by atoms with Gasteiger partial charge in [0.25, 0.3) is 0 Å². The number of carbonyl (C=O) groups excluding carboxylic acids is 3. The lowest BCUT2D eigenvalue weighted by molar-refractivity contribution is -0.140. The van der Waals surface area contributed by atoms with Gasteiger partial charge in [0, 0.05) is 41.3 Å². The number of nitrogens with zero attached hydrogens (tertiary/aromatic N) is 5. The number of hydrogen-bond donors (Lipinski definition) is 1. The highest BCUT2D eigenvalue weighted by Gasteiger charge is 2.64. The van der Waals surface area contributed by atoms with Crippen molar-refractivity contribution in [3.63, 3.8) is 0 Å². The molecule has 6 rings (SSSR count). The van der Waals surface area contributed by atoms with E-state index in [0.29, 0.717) is 33.9 Å². The van der Waals surface area contributed by atoms with Crippen LogP contribution in [0.25, 0.3) is 22.0 Å². The van der Waals surface area contributed by atoms with E-state index in [-0.39, 0.29) is 41.6 Å². The standard InChI is InChI=1S/C31H31ClN6O3/c1-17(20-6-5-7-23(32)10-20)35-30(41)26-12-31(4)13-27(31)38(26)28(40)16-37-25-9-8-21(22-14-33-19(3)34-15-22)11-24(25)29(36-37)18(2)39/h5-11,14-15,17,26-27H,12-13,16H2,1-4H3,(H,35,41)/t17-,26-,27+,31-/m0/s1. The molecule has 4 atom stereocenters. The third kappa shape index (κ3) is 4.99. The minimum absolute atomic E-state index is 0.00877. The SMILES string of the molecule is CC(=O)c1nn(CC(=O)N2[C@H](C(=O)N[C@@H](C)c3cccc(Cl)c3)C[C@@]3(C)C[C@@H]23)c2ccc(-c3cnc(C)nc3)cc12. The van der Waals surface area contributed by atoms with Crippen molar-refractivity contribution < 1.29 is 14.4 Å². The summed E-state index contributed by atoms with van der Waals surface area (Å²) in [6.07, 6.45) is 4.96. The van der Waals surface area contributed by atoms with E-state index in [1.165, 1.54) is 6.92 Å². The highest BCUT2D eigenvalue weighted by atomic mass is 35.5. The van der Waals surface area contributed by atoms with Gasteiger partial charge in [-0.3, -0.25) is 19.1 Å². The molecular weight excluding hydrogens is 540 g/mol. The number of aromatic nitrogens is 4. The van der Waals surface area contributed by atoms with Crippen LogP contribution in [0, 0.1) is 12.3 Å². The summed E-state index contributed by atoms with van der Waals surface area (Å²) >= 11 is 6.15. The number of piperidine rings is 1. The summed E-state index contributed by atoms with van der Waals surface area (Å²) in [5, 5.41) is 8.88. The average molecular weight is 571 g/mol. The normalized spacial score (nSPS) is 21.9. The molecule has 41 heavy (non-hydrogen) atoms. The van der Waals surface area contributed by atoms with Crippen LogP contribution in [0.5, 0.6) is 0 Å². The van der Waals surface area contributed by atoms with Gasteiger partial charge in [-0.2, -0.15) is 5.10 Å². The second kappa shape index (κ2) is 10.1. The number of nitrogens with one attached hydrogen (secondary N) is 1. The Balaban J connectivity index is 1.26. The summed E-state index contributed by atoms with van der Waals surface area (Å²) in [5.41, 5.74) is 3.47. The maximum atomic E-state index is 13.8. The molecule has 2 aliphatic rings. The largest absolute Gasteiger partial charge is 0.348 e. The minimum Gasteiger partial charge on any atom is -0.348 e. The number of aryl methyl sites for hydroxylation is 1. The van der Waals surface area contributed by atoms with E-state index >= 15 is 0 Å². The summed E-state index contributed by atoms with van der Waals surface area (Å²) in [6.45, 7) is 7.24. The van der Waals surface area contributed by atoms with Crippen molar-refractivity contribution in [3.05, 3.63) is 77.0 Å². The van der Waals surface area contributed by atoms with Crippen LogP contribution in [0.3, 0.4) is 0 Å². The van der Waals surface area contributed by atoms with Gasteiger partial charge in [0.1, 0.15) is 24.1 Å². The number of fused-ring (bicyclic) bond motifs is 2. The predicted octanol–water partition coefficient (Wildman–Crippen LogP) is 4.91. The van der Waals surface area contributed by atoms with Crippen molar-refractivity contribution in [2.45, 2.75) is 65.2 Å². The number of amides is 2. The molecule has 3 heterocycles. The smallest absolute Gasteiger partial charge is 0.245 e. The lowest BCUT2D eigenvalue weighted by Gasteiger charge is -2.28. The van der Waals surface area contributed by atoms with Crippen LogP contribution >= 0.6 is 11.6 Å². The van der Waals surface area contributed by atoms with E-state index in [1.54, 1.807) is 28.0 Å². The lowest BCUT2D eigenvalue weighted by atomic mass is 10.0. The maximum Gasteiger partial charge on any atom is 0.245 e. The number of Topliss-reactive ketones (excluding diaryl/α,β-unsaturated/α-hetero) is 1. The maximum absolute atomic E-state index is 13.8. The van der Waals surface area contributed by atoms with Crippen molar-refractivity contribution in [2.24, 2.45) is 5.41 Å². The Morgan fingerprint density at radius 2 is 1.85 bits per heavy atom. The number of carbonyl (C=O) groups is 3. The first-order valence-electron chi connectivity index (χ1n) is 13.7. The first kappa shape index (κ1) is 27.1. The van der Waals surface area contributed by atoms with Gasteiger partial charge in [0.15, 0.2) is 5.78 Å². The first-order chi connectivity index (χ1) is 19.5. The third-order valence-corrected chi connectivity index (χ3v) is 8.65. The summed E-state index contributed by atoms with van der Waals surface area (Å²) in [6, 6.07) is 12.2. The zero-order chi connectivity index (χ0) is 29.1. The Morgan fingerprint density at radius 1 is 1.10 bits per heavy atom. The van der Waals surface area contributed by atoms with Crippen LogP contribution in [-0.2, 0) is 16.1 Å². The van der Waals surface area contributed by atoms with Crippen LogP contribution in [0.4, 0.5) is 0 Å². The molecule has 1 saturated heterocycles. The average Bonchev–Trinajstić information content (AvgIpc) is 3.30. The number of halogens is 1. The van der Waals surface area contributed by atoms with E-state index in [0.717, 1.165) is 23.1 Å². The van der Waals surface area contributed by atoms with Gasteiger partial charge in [-0.15, -0.1) is 0 Å². The van der Waals surface area contributed by atoms with Gasteiger partial charge in [-0.25, -0.2) is 9.97 Å². The molecule has 10 heteroatoms. The fraction of sp³-hybridized carbons (Fsp3) is 0.355. The fourth-order valence-corrected chi connectivity index (χ4v) is 6.22. The fourth-order valence-electron chi connectivity index (χ4n) is 6.02. The number of likely N-dealkylation sites (tertiary alicyclic amines) is 1. The summed E-state index contributed by atoms with van der Waals surface area (Å²) in [4.78, 5) is 50.1. The monoisotopic (exact) mass is 570 g/mol. The summed E-state index contributed by atoms with van der Waals surface area (Å²) in [5.74, 6) is 0.105. The van der Waals surface area contributed by atoms with Crippen LogP contribution in [0.15, 0.2) is 54.9 Å². The van der Waals surface area contributed by atoms with Crippen LogP contribution in [0.2, 0.25) is 5.02 Å². The quantitative estimate of drug-likeness (QED) is 0.316. The molecule has 0 bridgehead atoms. The second-order valence-corrected chi connectivity index (χ2v) is 11.9. The number of ketones is 1. The third-order valence-electron chi connectivity index (χ3n) is 8.42. The zero-order valence-corrected chi connectivity index (χ0v) is 24.1. The number of rotatable bonds is 7. The molecule has 0 spiro atoms. The summed E-state index contributed by atoms with van der Waals surface area (Å²) < 4.78 is 1.57. The van der Waals surface area contributed by atoms with Gasteiger partial charge in [-0.05, 0) is 67.5 Å². The van der Waals surface area contributed by atoms with Gasteiger partial charge >= 0.3 is 0 Å². The molecule has 0 radical (unpaired) electrons. The van der Waals surface area contributed by atoms with Crippen molar-refractivity contribution >= 4 is 40.1 Å². The molecule has 1 N–H and O–H groups in total. The van der Waals surface area contributed by atoms with Gasteiger partial charge in [0.2, 0.25) is 11.8 Å². The minimum atomic E-state index is -0.574. The van der Waals surface area contributed by atoms with E-state index in [1.807, 2.05) is 50.2 Å². The lowest BCUT2D eigenvalue weighted by Crippen LogP contribution is -2.49. The molecule has 2 aromatic carbocycles. The topological polar surface area (TPSA) is 110 Å². The van der Waals surface area contributed by atoms with Gasteiger partial charge < -0.3 is 10.2 Å². The van der Waals surface area contributed by atoms with E-state index in [9.17, 15) is 14.4 Å². The zero-order valence-electron chi connectivity index (χ0n) is 23.4. The Hall–Kier alpha value is -4.11. The molecule has 2 fully saturated rings. The molecule has 2 aromatic heterocycles. The Kier molecular flexibility index (Phi) is 6.65. The second-order valence-electron chi connectivity index (χ2n) is 11.5. The molecule has 0 unspecified atom stereocenters. The van der Waals surface area contributed by atoms with E-state index in [2.05, 4.69) is 27.3 Å². The molecular formula is C31H31ClN6O3. The molecule has 9 nitrogen and oxygen atoms in total. The highest BCUT2D eigenvalue weighted by molar-refractivity contribution is 6.30. The molecule has 1 saturated carbocycles. The van der Waals surface area contributed by atoms with Crippen molar-refractivity contribution in [1.82, 2.24) is 30.0 Å². The van der Waals surface area contributed by atoms with Crippen molar-refractivity contribution in [2.75, 3.05) is 0 Å². The molecule has 1 aliphatic heterocycles. The van der Waals surface area contributed by atoms with Crippen LogP contribution < -0.4 is 5.32 Å². The van der Waals surface area contributed by atoms with Gasteiger partial charge in [-0.1, -0.05) is 36.7 Å². The molecule has 210 valence electrons. The van der Waals surface area contributed by atoms with E-state index < -0.39 is 6.04 Å². The Labute approximate surface area is 242 Å². The summed E-state index contributed by atoms with van der Waals surface area (Å²) in [7, 11) is 0. The highest BCUT2D eigenvalue weighted by Crippen LogP contribution is 2.59. The molecule has 4 aromatic rings. The molecule has 2 amide bonds. The number of hydrogen-bond acceptors (Lipinski definition) is 6. The van der Waals surface area contributed by atoms with Gasteiger partial charge in [0.05, 0.1) is 11.6 Å². The first-order valence-corrected chi connectivity index (χ1v) is 14.1. The van der Waals surface area contributed by atoms with Crippen molar-refractivity contribution in [1.29, 1.82) is 0 Å². The van der Waals surface area contributed by atoms with Crippen molar-refractivity contribution in [3.8, 4) is 11.1 Å². The number of benzene rings is 2. The van der Waals surface area contributed by atoms with Crippen LogP contribution in [0.1, 0.15) is 61.5 Å². The Bertz CT molecular complexity index is 1700. The Morgan fingerprint density at radius 3 is 2.56 bits per heavy atom. The van der Waals surface area contributed by atoms with Crippen LogP contribution in [-0.4, -0.2) is 54.3 Å².